The van der Waals surface area contributed by atoms with Crippen molar-refractivity contribution < 1.29 is 9.21 Å². The Morgan fingerprint density at radius 3 is 2.81 bits per heavy atom. The fourth-order valence-electron chi connectivity index (χ4n) is 1.89. The molecule has 16 heavy (non-hydrogen) atoms. The average molecular weight is 231 g/mol. The van der Waals surface area contributed by atoms with Gasteiger partial charge in [0.1, 0.15) is 11.2 Å². The molecule has 1 heterocycles. The Hall–Kier alpha value is -1.80. The number of halogens is 1. The molecule has 2 aromatic carbocycles. The molecule has 78 valence electrons. The van der Waals surface area contributed by atoms with Crippen LogP contribution in [0.15, 0.2) is 40.8 Å². The van der Waals surface area contributed by atoms with Gasteiger partial charge in [-0.2, -0.15) is 0 Å². The molecule has 0 spiro atoms. The highest BCUT2D eigenvalue weighted by Gasteiger charge is 2.09. The Labute approximate surface area is 96.4 Å². The van der Waals surface area contributed by atoms with Crippen LogP contribution in [0.2, 0.25) is 5.02 Å². The third kappa shape index (κ3) is 1.24. The summed E-state index contributed by atoms with van der Waals surface area (Å²) in [5.41, 5.74) is 1.92. The zero-order valence-electron chi connectivity index (χ0n) is 8.24. The molecule has 0 amide bonds. The van der Waals surface area contributed by atoms with E-state index in [1.807, 2.05) is 24.3 Å². The van der Waals surface area contributed by atoms with Crippen LogP contribution < -0.4 is 0 Å². The van der Waals surface area contributed by atoms with E-state index < -0.39 is 0 Å². The van der Waals surface area contributed by atoms with Crippen molar-refractivity contribution in [3.63, 3.8) is 0 Å². The van der Waals surface area contributed by atoms with Crippen molar-refractivity contribution in [2.75, 3.05) is 0 Å². The molecule has 0 aliphatic heterocycles. The van der Waals surface area contributed by atoms with E-state index >= 15 is 0 Å². The maximum atomic E-state index is 10.9. The van der Waals surface area contributed by atoms with Crippen molar-refractivity contribution >= 4 is 39.8 Å². The van der Waals surface area contributed by atoms with Crippen LogP contribution in [-0.4, -0.2) is 6.29 Å². The molecule has 0 radical (unpaired) electrons. The van der Waals surface area contributed by atoms with Crippen molar-refractivity contribution in [1.82, 2.24) is 0 Å². The first-order chi connectivity index (χ1) is 7.79. The van der Waals surface area contributed by atoms with Crippen molar-refractivity contribution in [3.05, 3.63) is 47.0 Å². The molecule has 0 unspecified atom stereocenters. The summed E-state index contributed by atoms with van der Waals surface area (Å²) < 4.78 is 5.64. The molecule has 2 nitrogen and oxygen atoms in total. The summed E-state index contributed by atoms with van der Waals surface area (Å²) in [6.45, 7) is 0. The lowest BCUT2D eigenvalue weighted by molar-refractivity contribution is 0.112. The van der Waals surface area contributed by atoms with Crippen LogP contribution in [0.25, 0.3) is 21.9 Å². The van der Waals surface area contributed by atoms with E-state index in [2.05, 4.69) is 0 Å². The number of aldehydes is 1. The number of para-hydroxylation sites is 1. The number of benzene rings is 2. The van der Waals surface area contributed by atoms with Crippen LogP contribution in [-0.2, 0) is 0 Å². The number of carbonyl (C=O) groups excluding carboxylic acids is 1. The van der Waals surface area contributed by atoms with Gasteiger partial charge in [0, 0.05) is 15.8 Å². The minimum Gasteiger partial charge on any atom is -0.455 e. The summed E-state index contributed by atoms with van der Waals surface area (Å²) in [6.07, 6.45) is 0.798. The molecule has 0 aliphatic carbocycles. The Morgan fingerprint density at radius 2 is 2.00 bits per heavy atom. The second kappa shape index (κ2) is 3.35. The Kier molecular flexibility index (Phi) is 1.98. The molecule has 0 saturated heterocycles. The lowest BCUT2D eigenvalue weighted by Crippen LogP contribution is -1.78. The van der Waals surface area contributed by atoms with Gasteiger partial charge in [0.2, 0.25) is 0 Å². The molecule has 1 aromatic heterocycles. The van der Waals surface area contributed by atoms with Gasteiger partial charge in [0.25, 0.3) is 0 Å². The van der Waals surface area contributed by atoms with Gasteiger partial charge in [-0.15, -0.1) is 0 Å². The molecular formula is C13H7ClO2. The molecule has 0 fully saturated rings. The molecule has 0 saturated carbocycles. The van der Waals surface area contributed by atoms with Gasteiger partial charge in [-0.3, -0.25) is 4.79 Å². The molecule has 3 heteroatoms. The first kappa shape index (κ1) is 9.43. The minimum absolute atomic E-state index is 0.560. The van der Waals surface area contributed by atoms with Gasteiger partial charge in [0.15, 0.2) is 6.29 Å². The zero-order chi connectivity index (χ0) is 11.1. The molecule has 0 atom stereocenters. The molecule has 3 aromatic rings. The van der Waals surface area contributed by atoms with Crippen molar-refractivity contribution in [2.24, 2.45) is 0 Å². The Bertz CT molecular complexity index is 698. The largest absolute Gasteiger partial charge is 0.455 e. The topological polar surface area (TPSA) is 30.2 Å². The first-order valence-corrected chi connectivity index (χ1v) is 5.23. The Balaban J connectivity index is 2.55. The fraction of sp³-hybridized carbons (Fsp3) is 0. The van der Waals surface area contributed by atoms with Gasteiger partial charge in [0.05, 0.1) is 5.56 Å². The maximum absolute atomic E-state index is 10.9. The van der Waals surface area contributed by atoms with E-state index in [-0.39, 0.29) is 0 Å². The van der Waals surface area contributed by atoms with Crippen LogP contribution in [0.4, 0.5) is 0 Å². The van der Waals surface area contributed by atoms with Crippen molar-refractivity contribution in [2.45, 2.75) is 0 Å². The summed E-state index contributed by atoms with van der Waals surface area (Å²) in [6, 6.07) is 10.9. The monoisotopic (exact) mass is 230 g/mol. The summed E-state index contributed by atoms with van der Waals surface area (Å²) >= 11 is 5.94. The summed E-state index contributed by atoms with van der Waals surface area (Å²) in [7, 11) is 0. The third-order valence-corrected chi connectivity index (χ3v) is 2.85. The molecular weight excluding hydrogens is 224 g/mol. The van der Waals surface area contributed by atoms with Crippen LogP contribution >= 0.6 is 11.6 Å². The lowest BCUT2D eigenvalue weighted by atomic mass is 10.1. The molecule has 0 aliphatic rings. The highest BCUT2D eigenvalue weighted by Crippen LogP contribution is 2.31. The lowest BCUT2D eigenvalue weighted by Gasteiger charge is -1.91. The summed E-state index contributed by atoms with van der Waals surface area (Å²) in [5, 5.41) is 2.51. The second-order valence-corrected chi connectivity index (χ2v) is 4.02. The Morgan fingerprint density at radius 1 is 1.12 bits per heavy atom. The number of rotatable bonds is 1. The third-order valence-electron chi connectivity index (χ3n) is 2.62. The predicted octanol–water partition coefficient (Wildman–Crippen LogP) is 4.05. The zero-order valence-corrected chi connectivity index (χ0v) is 8.99. The number of hydrogen-bond donors (Lipinski definition) is 0. The van der Waals surface area contributed by atoms with E-state index in [0.717, 1.165) is 22.6 Å². The van der Waals surface area contributed by atoms with Crippen LogP contribution in [0.1, 0.15) is 10.4 Å². The number of furan rings is 1. The van der Waals surface area contributed by atoms with Gasteiger partial charge in [-0.05, 0) is 24.3 Å². The van der Waals surface area contributed by atoms with E-state index in [0.29, 0.717) is 16.2 Å². The van der Waals surface area contributed by atoms with E-state index in [1.165, 1.54) is 0 Å². The highest BCUT2D eigenvalue weighted by atomic mass is 35.5. The average Bonchev–Trinajstić information content (AvgIpc) is 2.67. The minimum atomic E-state index is 0.560. The number of hydrogen-bond acceptors (Lipinski definition) is 2. The van der Waals surface area contributed by atoms with E-state index in [4.69, 9.17) is 16.0 Å². The quantitative estimate of drug-likeness (QED) is 0.591. The number of fused-ring (bicyclic) bond motifs is 3. The summed E-state index contributed by atoms with van der Waals surface area (Å²) in [4.78, 5) is 10.9. The number of carbonyl (C=O) groups is 1. The highest BCUT2D eigenvalue weighted by molar-refractivity contribution is 6.31. The van der Waals surface area contributed by atoms with E-state index in [9.17, 15) is 4.79 Å². The normalized spacial score (nSPS) is 11.1. The van der Waals surface area contributed by atoms with Crippen molar-refractivity contribution in [3.8, 4) is 0 Å². The smallest absolute Gasteiger partial charge is 0.153 e. The fourth-order valence-corrected chi connectivity index (χ4v) is 2.06. The first-order valence-electron chi connectivity index (χ1n) is 4.85. The van der Waals surface area contributed by atoms with Gasteiger partial charge >= 0.3 is 0 Å². The van der Waals surface area contributed by atoms with Crippen LogP contribution in [0.5, 0.6) is 0 Å². The van der Waals surface area contributed by atoms with Gasteiger partial charge in [-0.25, -0.2) is 0 Å². The van der Waals surface area contributed by atoms with E-state index in [1.54, 1.807) is 12.1 Å². The van der Waals surface area contributed by atoms with Gasteiger partial charge in [-0.1, -0.05) is 23.7 Å². The van der Waals surface area contributed by atoms with Crippen molar-refractivity contribution in [1.29, 1.82) is 0 Å². The van der Waals surface area contributed by atoms with Gasteiger partial charge < -0.3 is 4.42 Å². The molecule has 0 N–H and O–H groups in total. The van der Waals surface area contributed by atoms with Crippen LogP contribution in [0, 0.1) is 0 Å². The van der Waals surface area contributed by atoms with Crippen LogP contribution in [0.3, 0.4) is 0 Å². The maximum Gasteiger partial charge on any atom is 0.153 e. The summed E-state index contributed by atoms with van der Waals surface area (Å²) in [5.74, 6) is 0. The standard InChI is InChI=1S/C13H7ClO2/c14-9-4-5-12-11(6-9)10-3-1-2-8(7-15)13(10)16-12/h1-7H. The molecule has 3 rings (SSSR count). The SMILES string of the molecule is O=Cc1cccc2c1oc1ccc(Cl)cc12. The predicted molar refractivity (Wildman–Crippen MR) is 64.1 cm³/mol. The molecule has 0 bridgehead atoms. The second-order valence-electron chi connectivity index (χ2n) is 3.58.